The van der Waals surface area contributed by atoms with Crippen molar-refractivity contribution in [2.45, 2.75) is 58.3 Å². The van der Waals surface area contributed by atoms with Crippen molar-refractivity contribution in [3.63, 3.8) is 0 Å². The molecule has 22 heavy (non-hydrogen) atoms. The zero-order chi connectivity index (χ0) is 15.4. The third-order valence-corrected chi connectivity index (χ3v) is 2.89. The molecule has 7 nitrogen and oxygen atoms in total. The molecular weight excluding hydrogens is 334 g/mol. The maximum absolute atomic E-state index is 11.2. The van der Waals surface area contributed by atoms with Crippen molar-refractivity contribution >= 4 is 81.5 Å². The molecule has 0 aromatic rings. The molecule has 0 radical (unpaired) electrons. The SMILES string of the molecule is CCCCCCCCOC(=O)CCC(=O)OS(=O)(=O)O.[NaH].[NaH]. The molecule has 0 aliphatic heterocycles. The van der Waals surface area contributed by atoms with Gasteiger partial charge in [0, 0.05) is 0 Å². The minimum absolute atomic E-state index is 0. The number of hydrogen-bond acceptors (Lipinski definition) is 6. The molecule has 0 heterocycles. The van der Waals surface area contributed by atoms with Crippen LogP contribution in [0.4, 0.5) is 0 Å². The van der Waals surface area contributed by atoms with Crippen LogP contribution in [0.1, 0.15) is 58.3 Å². The zero-order valence-corrected chi connectivity index (χ0v) is 12.5. The summed E-state index contributed by atoms with van der Waals surface area (Å²) in [5.74, 6) is -1.78. The number of esters is 1. The number of hydrogen-bond donors (Lipinski definition) is 1. The summed E-state index contributed by atoms with van der Waals surface area (Å²) in [6.45, 7) is 2.42. The van der Waals surface area contributed by atoms with Crippen LogP contribution in [-0.4, -0.2) is 90.6 Å². The number of carbonyl (C=O) groups excluding carboxylic acids is 2. The van der Waals surface area contributed by atoms with Crippen molar-refractivity contribution in [3.8, 4) is 0 Å². The fourth-order valence-electron chi connectivity index (χ4n) is 1.50. The summed E-state index contributed by atoms with van der Waals surface area (Å²) < 4.78 is 37.2. The molecule has 0 aromatic heterocycles. The van der Waals surface area contributed by atoms with Gasteiger partial charge in [-0.2, -0.15) is 8.42 Å². The fraction of sp³-hybridized carbons (Fsp3) is 0.833. The molecule has 0 aliphatic rings. The van der Waals surface area contributed by atoms with Gasteiger partial charge < -0.3 is 8.92 Å². The van der Waals surface area contributed by atoms with Crippen molar-refractivity contribution in [1.29, 1.82) is 0 Å². The van der Waals surface area contributed by atoms with Crippen LogP contribution in [0.15, 0.2) is 0 Å². The summed E-state index contributed by atoms with van der Waals surface area (Å²) in [7, 11) is -4.80. The van der Waals surface area contributed by atoms with Crippen molar-refractivity contribution in [2.75, 3.05) is 6.61 Å². The van der Waals surface area contributed by atoms with Gasteiger partial charge in [0.1, 0.15) is 0 Å². The molecule has 122 valence electrons. The van der Waals surface area contributed by atoms with Gasteiger partial charge in [-0.15, -0.1) is 0 Å². The predicted molar refractivity (Wildman–Crippen MR) is 85.5 cm³/mol. The van der Waals surface area contributed by atoms with E-state index in [-0.39, 0.29) is 72.1 Å². The van der Waals surface area contributed by atoms with Crippen LogP contribution in [0.25, 0.3) is 0 Å². The average molecular weight is 358 g/mol. The molecule has 0 saturated heterocycles. The van der Waals surface area contributed by atoms with Crippen molar-refractivity contribution in [1.82, 2.24) is 0 Å². The molecule has 0 unspecified atom stereocenters. The van der Waals surface area contributed by atoms with E-state index >= 15 is 0 Å². The standard InChI is InChI=1S/C12H22O7S.2Na.2H/c1-2-3-4-5-6-7-10-18-11(13)8-9-12(14)19-20(15,16)17;;;;/h2-10H2,1H3,(H,15,16,17);;;;. The van der Waals surface area contributed by atoms with Gasteiger partial charge in [-0.25, -0.2) is 0 Å². The Morgan fingerprint density at radius 1 is 0.909 bits per heavy atom. The van der Waals surface area contributed by atoms with Gasteiger partial charge in [0.25, 0.3) is 0 Å². The van der Waals surface area contributed by atoms with E-state index in [4.69, 9.17) is 9.29 Å². The van der Waals surface area contributed by atoms with E-state index in [0.29, 0.717) is 0 Å². The van der Waals surface area contributed by atoms with Crippen LogP contribution in [0.2, 0.25) is 0 Å². The Morgan fingerprint density at radius 2 is 1.41 bits per heavy atom. The van der Waals surface area contributed by atoms with Gasteiger partial charge in [0.05, 0.1) is 19.4 Å². The molecular formula is C12H24Na2O7S. The van der Waals surface area contributed by atoms with Gasteiger partial charge in [-0.1, -0.05) is 39.0 Å². The maximum atomic E-state index is 11.2. The van der Waals surface area contributed by atoms with E-state index in [1.807, 2.05) is 0 Å². The van der Waals surface area contributed by atoms with Crippen LogP contribution in [-0.2, 0) is 28.9 Å². The Kier molecular flexibility index (Phi) is 21.0. The Balaban J connectivity index is -0.00000180. The predicted octanol–water partition coefficient (Wildman–Crippen LogP) is 0.719. The van der Waals surface area contributed by atoms with Crippen LogP contribution < -0.4 is 0 Å². The van der Waals surface area contributed by atoms with E-state index in [9.17, 15) is 18.0 Å². The summed E-state index contributed by atoms with van der Waals surface area (Å²) >= 11 is 0. The minimum atomic E-state index is -4.80. The van der Waals surface area contributed by atoms with E-state index < -0.39 is 28.8 Å². The average Bonchev–Trinajstić information content (AvgIpc) is 2.33. The topological polar surface area (TPSA) is 107 Å². The molecule has 0 atom stereocenters. The summed E-state index contributed by atoms with van der Waals surface area (Å²) in [5.41, 5.74) is 0. The third-order valence-electron chi connectivity index (χ3n) is 2.49. The van der Waals surface area contributed by atoms with Gasteiger partial charge in [-0.05, 0) is 6.42 Å². The summed E-state index contributed by atoms with van der Waals surface area (Å²) in [4.78, 5) is 22.1. The molecule has 0 aromatic carbocycles. The molecule has 0 saturated carbocycles. The summed E-state index contributed by atoms with van der Waals surface area (Å²) in [5, 5.41) is 0. The van der Waals surface area contributed by atoms with Gasteiger partial charge in [0.2, 0.25) is 0 Å². The molecule has 0 bridgehead atoms. The summed E-state index contributed by atoms with van der Waals surface area (Å²) in [6.07, 6.45) is 5.69. The van der Waals surface area contributed by atoms with E-state index in [1.165, 1.54) is 19.3 Å². The third kappa shape index (κ3) is 20.9. The van der Waals surface area contributed by atoms with E-state index in [2.05, 4.69) is 11.1 Å². The van der Waals surface area contributed by atoms with Crippen LogP contribution in [0.5, 0.6) is 0 Å². The Bertz CT molecular complexity index is 398. The second-order valence-corrected chi connectivity index (χ2v) is 5.39. The van der Waals surface area contributed by atoms with Crippen molar-refractivity contribution < 1.29 is 31.5 Å². The Morgan fingerprint density at radius 3 is 1.95 bits per heavy atom. The van der Waals surface area contributed by atoms with Crippen molar-refractivity contribution in [3.05, 3.63) is 0 Å². The monoisotopic (exact) mass is 358 g/mol. The second kappa shape index (κ2) is 16.7. The van der Waals surface area contributed by atoms with Gasteiger partial charge in [-0.3, -0.25) is 14.1 Å². The van der Waals surface area contributed by atoms with Crippen LogP contribution in [0.3, 0.4) is 0 Å². The molecule has 10 heteroatoms. The molecule has 1 N–H and O–H groups in total. The number of rotatable bonds is 11. The quantitative estimate of drug-likeness (QED) is 0.251. The summed E-state index contributed by atoms with van der Waals surface area (Å²) in [6, 6.07) is 0. The van der Waals surface area contributed by atoms with Crippen molar-refractivity contribution in [2.24, 2.45) is 0 Å². The number of unbranched alkanes of at least 4 members (excludes halogenated alkanes) is 5. The first-order chi connectivity index (χ1) is 9.35. The first-order valence-electron chi connectivity index (χ1n) is 6.70. The first kappa shape index (κ1) is 27.7. The van der Waals surface area contributed by atoms with Gasteiger partial charge in [0.15, 0.2) is 0 Å². The Hall–Kier alpha value is 0.850. The molecule has 0 aliphatic carbocycles. The normalized spacial score (nSPS) is 10.1. The van der Waals surface area contributed by atoms with Gasteiger partial charge >= 0.3 is 81.5 Å². The fourth-order valence-corrected chi connectivity index (χ4v) is 1.82. The Labute approximate surface area is 176 Å². The zero-order valence-electron chi connectivity index (χ0n) is 11.7. The van der Waals surface area contributed by atoms with Crippen LogP contribution in [0, 0.1) is 0 Å². The number of ether oxygens (including phenoxy) is 1. The van der Waals surface area contributed by atoms with E-state index in [0.717, 1.165) is 19.3 Å². The second-order valence-electron chi connectivity index (χ2n) is 4.37. The van der Waals surface area contributed by atoms with E-state index in [1.54, 1.807) is 0 Å². The van der Waals surface area contributed by atoms with Crippen LogP contribution >= 0.6 is 0 Å². The first-order valence-corrected chi connectivity index (χ1v) is 8.07. The molecule has 0 spiro atoms. The number of carbonyl (C=O) groups is 2. The molecule has 0 amide bonds. The molecule has 0 rings (SSSR count). The molecule has 0 fully saturated rings.